The lowest BCUT2D eigenvalue weighted by Gasteiger charge is -2.03. The molecular weight excluding hydrogens is 297 g/mol. The molecule has 1 N–H and O–H groups in total. The third-order valence-electron chi connectivity index (χ3n) is 3.00. The van der Waals surface area contributed by atoms with E-state index in [2.05, 4.69) is 21.9 Å². The Labute approximate surface area is 133 Å². The molecule has 0 saturated carbocycles. The standard InChI is InChI=1S/C18H14FNO3/c1-23-18(22)15-10-8-14(9-11-15)17(21)20-12-4-6-13-5-2-3-7-16(13)19/h2-3,5,7-11H,12H2,1H3,(H,20,21). The first-order chi connectivity index (χ1) is 11.1. The van der Waals surface area contributed by atoms with Gasteiger partial charge in [-0.15, -0.1) is 0 Å². The molecule has 0 aliphatic rings. The first-order valence-electron chi connectivity index (χ1n) is 6.82. The van der Waals surface area contributed by atoms with E-state index in [1.807, 2.05) is 0 Å². The van der Waals surface area contributed by atoms with Crippen molar-refractivity contribution in [2.75, 3.05) is 13.7 Å². The van der Waals surface area contributed by atoms with Gasteiger partial charge in [-0.1, -0.05) is 24.0 Å². The summed E-state index contributed by atoms with van der Waals surface area (Å²) in [6, 6.07) is 12.2. The lowest BCUT2D eigenvalue weighted by molar-refractivity contribution is 0.0600. The van der Waals surface area contributed by atoms with Crippen molar-refractivity contribution in [1.29, 1.82) is 0 Å². The highest BCUT2D eigenvalue weighted by Gasteiger charge is 2.08. The van der Waals surface area contributed by atoms with Crippen molar-refractivity contribution >= 4 is 11.9 Å². The van der Waals surface area contributed by atoms with Crippen molar-refractivity contribution in [2.45, 2.75) is 0 Å². The van der Waals surface area contributed by atoms with Gasteiger partial charge in [-0.3, -0.25) is 4.79 Å². The van der Waals surface area contributed by atoms with Crippen LogP contribution in [-0.4, -0.2) is 25.5 Å². The van der Waals surface area contributed by atoms with Gasteiger partial charge in [0.1, 0.15) is 5.82 Å². The zero-order valence-corrected chi connectivity index (χ0v) is 12.4. The molecule has 0 radical (unpaired) electrons. The molecular formula is C18H14FNO3. The van der Waals surface area contributed by atoms with Gasteiger partial charge >= 0.3 is 5.97 Å². The zero-order valence-electron chi connectivity index (χ0n) is 12.4. The van der Waals surface area contributed by atoms with E-state index in [9.17, 15) is 14.0 Å². The summed E-state index contributed by atoms with van der Waals surface area (Å²) in [7, 11) is 1.29. The van der Waals surface area contributed by atoms with Crippen LogP contribution < -0.4 is 5.32 Å². The monoisotopic (exact) mass is 311 g/mol. The molecule has 0 heterocycles. The van der Waals surface area contributed by atoms with Crippen molar-refractivity contribution in [3.05, 3.63) is 71.0 Å². The number of hydrogen-bond donors (Lipinski definition) is 1. The highest BCUT2D eigenvalue weighted by atomic mass is 19.1. The van der Waals surface area contributed by atoms with Gasteiger partial charge in [-0.25, -0.2) is 9.18 Å². The van der Waals surface area contributed by atoms with Crippen LogP contribution in [0.5, 0.6) is 0 Å². The molecule has 116 valence electrons. The van der Waals surface area contributed by atoms with E-state index in [0.717, 1.165) is 0 Å². The van der Waals surface area contributed by atoms with Crippen molar-refractivity contribution in [1.82, 2.24) is 5.32 Å². The van der Waals surface area contributed by atoms with Crippen LogP contribution >= 0.6 is 0 Å². The van der Waals surface area contributed by atoms with Crippen molar-refractivity contribution in [3.8, 4) is 11.8 Å². The van der Waals surface area contributed by atoms with Gasteiger partial charge in [0.05, 0.1) is 24.8 Å². The fourth-order valence-electron chi connectivity index (χ4n) is 1.80. The van der Waals surface area contributed by atoms with Crippen LogP contribution in [0.15, 0.2) is 48.5 Å². The van der Waals surface area contributed by atoms with Gasteiger partial charge in [0.2, 0.25) is 0 Å². The van der Waals surface area contributed by atoms with Gasteiger partial charge in [-0.05, 0) is 36.4 Å². The molecule has 0 aromatic heterocycles. The smallest absolute Gasteiger partial charge is 0.337 e. The van der Waals surface area contributed by atoms with Crippen LogP contribution in [0.3, 0.4) is 0 Å². The van der Waals surface area contributed by atoms with Crippen molar-refractivity contribution in [3.63, 3.8) is 0 Å². The van der Waals surface area contributed by atoms with Gasteiger partial charge in [0, 0.05) is 5.56 Å². The molecule has 0 saturated heterocycles. The molecule has 4 nitrogen and oxygen atoms in total. The number of methoxy groups -OCH3 is 1. The summed E-state index contributed by atoms with van der Waals surface area (Å²) in [6.45, 7) is 0.0892. The summed E-state index contributed by atoms with van der Waals surface area (Å²) < 4.78 is 17.9. The average molecular weight is 311 g/mol. The number of nitrogens with one attached hydrogen (secondary N) is 1. The molecule has 0 atom stereocenters. The summed E-state index contributed by atoms with van der Waals surface area (Å²) in [4.78, 5) is 23.2. The first kappa shape index (κ1) is 16.2. The van der Waals surface area contributed by atoms with E-state index in [4.69, 9.17) is 0 Å². The topological polar surface area (TPSA) is 55.4 Å². The predicted molar refractivity (Wildman–Crippen MR) is 83.4 cm³/mol. The Kier molecular flexibility index (Phi) is 5.48. The summed E-state index contributed by atoms with van der Waals surface area (Å²) in [5.74, 6) is 4.14. The molecule has 2 aromatic carbocycles. The molecule has 0 fully saturated rings. The lowest BCUT2D eigenvalue weighted by Crippen LogP contribution is -2.23. The molecule has 0 unspecified atom stereocenters. The minimum absolute atomic E-state index is 0.0892. The van der Waals surface area contributed by atoms with Crippen LogP contribution in [0, 0.1) is 17.7 Å². The van der Waals surface area contributed by atoms with Crippen LogP contribution in [0.1, 0.15) is 26.3 Å². The molecule has 2 aromatic rings. The predicted octanol–water partition coefficient (Wildman–Crippen LogP) is 2.39. The number of carbonyl (C=O) groups excluding carboxylic acids is 2. The number of halogens is 1. The highest BCUT2D eigenvalue weighted by molar-refractivity contribution is 5.96. The second-order valence-corrected chi connectivity index (χ2v) is 4.53. The number of amides is 1. The largest absolute Gasteiger partial charge is 0.465 e. The van der Waals surface area contributed by atoms with E-state index in [1.54, 1.807) is 18.2 Å². The molecule has 23 heavy (non-hydrogen) atoms. The number of esters is 1. The Bertz CT molecular complexity index is 773. The maximum Gasteiger partial charge on any atom is 0.337 e. The Morgan fingerprint density at radius 2 is 1.74 bits per heavy atom. The highest BCUT2D eigenvalue weighted by Crippen LogP contribution is 2.06. The summed E-state index contributed by atoms with van der Waals surface area (Å²) in [6.07, 6.45) is 0. The fourth-order valence-corrected chi connectivity index (χ4v) is 1.80. The molecule has 0 spiro atoms. The van der Waals surface area contributed by atoms with E-state index in [1.165, 1.54) is 37.4 Å². The minimum atomic E-state index is -0.465. The number of ether oxygens (including phenoxy) is 1. The number of rotatable bonds is 3. The van der Waals surface area contributed by atoms with E-state index in [0.29, 0.717) is 11.1 Å². The van der Waals surface area contributed by atoms with Crippen molar-refractivity contribution < 1.29 is 18.7 Å². The van der Waals surface area contributed by atoms with Crippen LogP contribution in [-0.2, 0) is 4.74 Å². The lowest BCUT2D eigenvalue weighted by atomic mass is 10.1. The normalized spacial score (nSPS) is 9.48. The van der Waals surface area contributed by atoms with E-state index < -0.39 is 11.8 Å². The van der Waals surface area contributed by atoms with Gasteiger partial charge in [0.25, 0.3) is 5.91 Å². The third kappa shape index (κ3) is 4.42. The molecule has 2 rings (SSSR count). The van der Waals surface area contributed by atoms with Crippen LogP contribution in [0.2, 0.25) is 0 Å². The number of hydrogen-bond acceptors (Lipinski definition) is 3. The van der Waals surface area contributed by atoms with E-state index in [-0.39, 0.29) is 18.0 Å². The third-order valence-corrected chi connectivity index (χ3v) is 3.00. The second-order valence-electron chi connectivity index (χ2n) is 4.53. The SMILES string of the molecule is COC(=O)c1ccc(C(=O)NCC#Cc2ccccc2F)cc1. The summed E-state index contributed by atoms with van der Waals surface area (Å²) in [5, 5.41) is 2.60. The minimum Gasteiger partial charge on any atom is -0.465 e. The Morgan fingerprint density at radius 3 is 2.39 bits per heavy atom. The average Bonchev–Trinajstić information content (AvgIpc) is 2.59. The molecule has 0 aliphatic heterocycles. The van der Waals surface area contributed by atoms with Gasteiger partial charge < -0.3 is 10.1 Å². The fraction of sp³-hybridized carbons (Fsp3) is 0.111. The Hall–Kier alpha value is -3.13. The molecule has 1 amide bonds. The summed E-state index contributed by atoms with van der Waals surface area (Å²) >= 11 is 0. The Balaban J connectivity index is 1.93. The Morgan fingerprint density at radius 1 is 1.09 bits per heavy atom. The molecule has 0 aliphatic carbocycles. The number of benzene rings is 2. The van der Waals surface area contributed by atoms with Gasteiger partial charge in [0.15, 0.2) is 0 Å². The van der Waals surface area contributed by atoms with Crippen LogP contribution in [0.25, 0.3) is 0 Å². The van der Waals surface area contributed by atoms with Crippen LogP contribution in [0.4, 0.5) is 4.39 Å². The molecule has 0 bridgehead atoms. The second kappa shape index (κ2) is 7.76. The van der Waals surface area contributed by atoms with Gasteiger partial charge in [-0.2, -0.15) is 0 Å². The first-order valence-corrected chi connectivity index (χ1v) is 6.82. The van der Waals surface area contributed by atoms with E-state index >= 15 is 0 Å². The maximum atomic E-state index is 13.3. The number of carbonyl (C=O) groups is 2. The maximum absolute atomic E-state index is 13.3. The zero-order chi connectivity index (χ0) is 16.7. The van der Waals surface area contributed by atoms with Crippen molar-refractivity contribution in [2.24, 2.45) is 0 Å². The molecule has 5 heteroatoms. The summed E-state index contributed by atoms with van der Waals surface area (Å²) in [5.41, 5.74) is 1.04. The quantitative estimate of drug-likeness (QED) is 0.699.